The lowest BCUT2D eigenvalue weighted by molar-refractivity contribution is -0.144. The van der Waals surface area contributed by atoms with Crippen LogP contribution in [0.4, 0.5) is 4.79 Å². The zero-order valence-electron chi connectivity index (χ0n) is 21.0. The number of hydrogen-bond donors (Lipinski definition) is 3. The minimum absolute atomic E-state index is 0.00295. The van der Waals surface area contributed by atoms with Gasteiger partial charge in [0.2, 0.25) is 11.8 Å². The number of hydrogen-bond acceptors (Lipinski definition) is 6. The fraction of sp³-hybridized carbons (Fsp3) is 0.625. The number of ether oxygens (including phenoxy) is 1. The van der Waals surface area contributed by atoms with Crippen LogP contribution >= 0.6 is 11.8 Å². The molecule has 9 heteroatoms. The summed E-state index contributed by atoms with van der Waals surface area (Å²) in [5.74, 6) is -0.125. The summed E-state index contributed by atoms with van der Waals surface area (Å²) >= 11 is 1.55. The third kappa shape index (κ3) is 9.53. The van der Waals surface area contributed by atoms with Crippen molar-refractivity contribution in [3.8, 4) is 5.75 Å². The number of nitrogens with zero attached hydrogens (tertiary/aromatic N) is 1. The minimum atomic E-state index is -0.982. The molecule has 0 bridgehead atoms. The van der Waals surface area contributed by atoms with Crippen molar-refractivity contribution in [2.75, 3.05) is 12.0 Å². The number of phenols is 1. The van der Waals surface area contributed by atoms with Crippen LogP contribution in [0.1, 0.15) is 66.5 Å². The Morgan fingerprint density at radius 3 is 2.24 bits per heavy atom. The zero-order valence-corrected chi connectivity index (χ0v) is 21.8. The van der Waals surface area contributed by atoms with Gasteiger partial charge in [0.05, 0.1) is 0 Å². The van der Waals surface area contributed by atoms with Gasteiger partial charge < -0.3 is 25.4 Å². The lowest BCUT2D eigenvalue weighted by Gasteiger charge is -2.37. The average Bonchev–Trinajstić information content (AvgIpc) is 2.66. The molecule has 2 unspecified atom stereocenters. The molecule has 1 aromatic rings. The van der Waals surface area contributed by atoms with Gasteiger partial charge in [-0.15, -0.1) is 0 Å². The topological polar surface area (TPSA) is 108 Å². The Kier molecular flexibility index (Phi) is 11.0. The quantitative estimate of drug-likeness (QED) is 0.469. The number of amides is 3. The number of benzene rings is 1. The van der Waals surface area contributed by atoms with E-state index < -0.39 is 29.7 Å². The fourth-order valence-corrected chi connectivity index (χ4v) is 3.77. The third-order valence-electron chi connectivity index (χ3n) is 4.55. The Bertz CT molecular complexity index is 808. The molecule has 2 atom stereocenters. The van der Waals surface area contributed by atoms with Gasteiger partial charge >= 0.3 is 6.09 Å². The number of thioether (sulfide) groups is 1. The molecule has 0 saturated carbocycles. The van der Waals surface area contributed by atoms with Gasteiger partial charge in [-0.25, -0.2) is 4.79 Å². The second kappa shape index (κ2) is 12.7. The predicted octanol–water partition coefficient (Wildman–Crippen LogP) is 3.84. The first-order chi connectivity index (χ1) is 15.3. The van der Waals surface area contributed by atoms with E-state index in [9.17, 15) is 19.5 Å². The van der Waals surface area contributed by atoms with E-state index in [1.165, 1.54) is 17.0 Å². The maximum absolute atomic E-state index is 13.8. The molecule has 3 amide bonds. The Balaban J connectivity index is 3.40. The Labute approximate surface area is 201 Å². The van der Waals surface area contributed by atoms with Crippen LogP contribution in [0, 0.1) is 0 Å². The second-order valence-electron chi connectivity index (χ2n) is 9.48. The number of carbonyl (C=O) groups is 3. The summed E-state index contributed by atoms with van der Waals surface area (Å²) in [5.41, 5.74) is -0.230. The van der Waals surface area contributed by atoms with E-state index in [0.717, 1.165) is 0 Å². The smallest absolute Gasteiger partial charge is 0.408 e. The van der Waals surface area contributed by atoms with Crippen molar-refractivity contribution in [1.82, 2.24) is 15.5 Å². The van der Waals surface area contributed by atoms with Gasteiger partial charge in [-0.05, 0) is 84.6 Å². The molecule has 0 fully saturated rings. The summed E-state index contributed by atoms with van der Waals surface area (Å²) < 4.78 is 5.36. The standard InChI is InChI=1S/C24H39N3O5S/c1-15(2)25-21(29)20(17-10-9-11-18(28)14-17)27(16(3)4)22(30)19(12-13-33-8)26-23(31)32-24(5,6)7/h9-11,14-16,19-20,28H,12-13H2,1-8H3,(H,25,29)(H,26,31). The van der Waals surface area contributed by atoms with E-state index in [0.29, 0.717) is 17.7 Å². The summed E-state index contributed by atoms with van der Waals surface area (Å²) in [6.07, 6.45) is 1.60. The van der Waals surface area contributed by atoms with Crippen LogP contribution in [-0.4, -0.2) is 63.6 Å². The van der Waals surface area contributed by atoms with Crippen LogP contribution in [-0.2, 0) is 14.3 Å². The van der Waals surface area contributed by atoms with Gasteiger partial charge in [0.25, 0.3) is 0 Å². The van der Waals surface area contributed by atoms with Crippen LogP contribution in [0.3, 0.4) is 0 Å². The molecule has 0 spiro atoms. The molecule has 3 N–H and O–H groups in total. The summed E-state index contributed by atoms with van der Waals surface area (Å²) in [7, 11) is 0. The number of rotatable bonds is 10. The highest BCUT2D eigenvalue weighted by molar-refractivity contribution is 7.98. The summed E-state index contributed by atoms with van der Waals surface area (Å²) in [6, 6.07) is 3.96. The Morgan fingerprint density at radius 2 is 1.76 bits per heavy atom. The van der Waals surface area contributed by atoms with E-state index in [-0.39, 0.29) is 23.7 Å². The van der Waals surface area contributed by atoms with Crippen molar-refractivity contribution in [1.29, 1.82) is 0 Å². The average molecular weight is 482 g/mol. The minimum Gasteiger partial charge on any atom is -0.508 e. The zero-order chi connectivity index (χ0) is 25.3. The van der Waals surface area contributed by atoms with Crippen LogP contribution in [0.15, 0.2) is 24.3 Å². The molecule has 0 aliphatic carbocycles. The number of phenolic OH excluding ortho intramolecular Hbond substituents is 1. The highest BCUT2D eigenvalue weighted by Crippen LogP contribution is 2.28. The summed E-state index contributed by atoms with van der Waals surface area (Å²) in [5, 5.41) is 15.6. The fourth-order valence-electron chi connectivity index (χ4n) is 3.30. The summed E-state index contributed by atoms with van der Waals surface area (Å²) in [4.78, 5) is 41.0. The molecule has 0 radical (unpaired) electrons. The first-order valence-electron chi connectivity index (χ1n) is 11.2. The van der Waals surface area contributed by atoms with Gasteiger partial charge in [0.1, 0.15) is 23.4 Å². The van der Waals surface area contributed by atoms with Crippen LogP contribution in [0.5, 0.6) is 5.75 Å². The van der Waals surface area contributed by atoms with Gasteiger partial charge in [0.15, 0.2) is 0 Å². The van der Waals surface area contributed by atoms with Crippen molar-refractivity contribution in [3.63, 3.8) is 0 Å². The Hall–Kier alpha value is -2.42. The number of nitrogens with one attached hydrogen (secondary N) is 2. The van der Waals surface area contributed by atoms with Crippen molar-refractivity contribution in [2.45, 2.75) is 84.7 Å². The molecule has 0 saturated heterocycles. The molecular formula is C24H39N3O5S. The van der Waals surface area contributed by atoms with E-state index in [1.54, 1.807) is 44.7 Å². The van der Waals surface area contributed by atoms with E-state index in [2.05, 4.69) is 10.6 Å². The summed E-state index contributed by atoms with van der Waals surface area (Å²) in [6.45, 7) is 12.6. The van der Waals surface area contributed by atoms with E-state index in [4.69, 9.17) is 4.74 Å². The number of carbonyl (C=O) groups excluding carboxylic acids is 3. The molecule has 1 aromatic carbocycles. The number of aromatic hydroxyl groups is 1. The third-order valence-corrected chi connectivity index (χ3v) is 5.20. The molecular weight excluding hydrogens is 442 g/mol. The monoisotopic (exact) mass is 481 g/mol. The van der Waals surface area contributed by atoms with E-state index in [1.807, 2.05) is 34.0 Å². The molecule has 1 rings (SSSR count). The maximum atomic E-state index is 13.8. The lowest BCUT2D eigenvalue weighted by Crippen LogP contribution is -2.55. The normalized spacial score (nSPS) is 13.4. The van der Waals surface area contributed by atoms with E-state index >= 15 is 0 Å². The van der Waals surface area contributed by atoms with Crippen molar-refractivity contribution < 1.29 is 24.2 Å². The second-order valence-corrected chi connectivity index (χ2v) is 10.5. The van der Waals surface area contributed by atoms with Gasteiger partial charge in [0, 0.05) is 12.1 Å². The predicted molar refractivity (Wildman–Crippen MR) is 132 cm³/mol. The van der Waals surface area contributed by atoms with Gasteiger partial charge in [-0.1, -0.05) is 12.1 Å². The van der Waals surface area contributed by atoms with Crippen LogP contribution < -0.4 is 10.6 Å². The molecule has 0 heterocycles. The van der Waals surface area contributed by atoms with Crippen LogP contribution in [0.2, 0.25) is 0 Å². The largest absolute Gasteiger partial charge is 0.508 e. The highest BCUT2D eigenvalue weighted by Gasteiger charge is 2.37. The lowest BCUT2D eigenvalue weighted by atomic mass is 10.00. The maximum Gasteiger partial charge on any atom is 0.408 e. The van der Waals surface area contributed by atoms with Gasteiger partial charge in [-0.2, -0.15) is 11.8 Å². The van der Waals surface area contributed by atoms with Crippen molar-refractivity contribution in [3.05, 3.63) is 29.8 Å². The number of alkyl carbamates (subject to hydrolysis) is 1. The molecule has 0 aliphatic heterocycles. The van der Waals surface area contributed by atoms with Crippen molar-refractivity contribution in [2.24, 2.45) is 0 Å². The van der Waals surface area contributed by atoms with Gasteiger partial charge in [-0.3, -0.25) is 9.59 Å². The first-order valence-corrected chi connectivity index (χ1v) is 12.6. The Morgan fingerprint density at radius 1 is 1.12 bits per heavy atom. The first kappa shape index (κ1) is 28.6. The molecule has 8 nitrogen and oxygen atoms in total. The highest BCUT2D eigenvalue weighted by atomic mass is 32.2. The molecule has 186 valence electrons. The molecule has 33 heavy (non-hydrogen) atoms. The van der Waals surface area contributed by atoms with Crippen molar-refractivity contribution >= 4 is 29.7 Å². The molecule has 0 aromatic heterocycles. The molecule has 0 aliphatic rings. The SMILES string of the molecule is CSCCC(NC(=O)OC(C)(C)C)C(=O)N(C(C)C)C(C(=O)NC(C)C)c1cccc(O)c1. The van der Waals surface area contributed by atoms with Crippen LogP contribution in [0.25, 0.3) is 0 Å².